The van der Waals surface area contributed by atoms with Crippen molar-refractivity contribution in [3.63, 3.8) is 0 Å². The van der Waals surface area contributed by atoms with Crippen LogP contribution in [0.5, 0.6) is 47.0 Å². The maximum Gasteiger partial charge on any atom is 2.00 e. The molecule has 0 aliphatic rings. The van der Waals surface area contributed by atoms with E-state index in [-0.39, 0.29) is 63.6 Å². The summed E-state index contributed by atoms with van der Waals surface area (Å²) in [4.78, 5) is 24.9. The van der Waals surface area contributed by atoms with Crippen LogP contribution in [-0.4, -0.2) is 41.6 Å². The zero-order valence-electron chi connectivity index (χ0n) is 42.4. The summed E-state index contributed by atoms with van der Waals surface area (Å²) in [5.41, 5.74) is 6.16. The Morgan fingerprint density at radius 1 is 0.325 bits per heavy atom. The quantitative estimate of drug-likeness (QED) is 0.0223. The molecule has 2 heterocycles. The van der Waals surface area contributed by atoms with Gasteiger partial charge in [-0.25, -0.2) is 0 Å². The van der Waals surface area contributed by atoms with Crippen molar-refractivity contribution in [1.29, 1.82) is 0 Å². The summed E-state index contributed by atoms with van der Waals surface area (Å²) >= 11 is 0. The van der Waals surface area contributed by atoms with E-state index in [1.165, 1.54) is 36.4 Å². The summed E-state index contributed by atoms with van der Waals surface area (Å²) in [5.74, 6) is 0.273. The molecule has 83 heavy (non-hydrogen) atoms. The van der Waals surface area contributed by atoms with E-state index in [1.807, 2.05) is 24.3 Å². The first-order valence-electron chi connectivity index (χ1n) is 24.2. The number of amidine groups is 2. The topological polar surface area (TPSA) is 217 Å². The second-order valence-electron chi connectivity index (χ2n) is 16.3. The van der Waals surface area contributed by atoms with Gasteiger partial charge >= 0.3 is 28.8 Å². The molecule has 0 fully saturated rings. The minimum absolute atomic E-state index is 0. The molecule has 416 valence electrons. The molecule has 0 radical (unpaired) electrons. The van der Waals surface area contributed by atoms with Crippen molar-refractivity contribution in [2.75, 3.05) is 0 Å². The number of azo groups is 2. The van der Waals surface area contributed by atoms with E-state index in [1.54, 1.807) is 158 Å². The zero-order valence-corrected chi connectivity index (χ0v) is 43.4. The number of hydrogen-bond acceptors (Lipinski definition) is 14. The van der Waals surface area contributed by atoms with Gasteiger partial charge in [0.1, 0.15) is 23.0 Å². The fourth-order valence-electron chi connectivity index (χ4n) is 6.79. The number of para-hydroxylation sites is 4. The van der Waals surface area contributed by atoms with Crippen LogP contribution in [0.15, 0.2) is 261 Å². The molecular weight excluding hydrogens is 1130 g/mol. The number of hydrogen-bond donors (Lipinski definition) is 0. The van der Waals surface area contributed by atoms with Gasteiger partial charge in [-0.3, -0.25) is 10.9 Å². The Bertz CT molecular complexity index is 3440. The van der Waals surface area contributed by atoms with Gasteiger partial charge in [0, 0.05) is 11.1 Å². The molecule has 8 aromatic carbocycles. The molecule has 0 saturated carbocycles. The number of halogens is 6. The van der Waals surface area contributed by atoms with Crippen LogP contribution in [0.2, 0.25) is 0 Å². The molecule has 25 heteroatoms. The zero-order chi connectivity index (χ0) is 57.0. The van der Waals surface area contributed by atoms with Gasteiger partial charge in [0.05, 0.1) is 34.4 Å². The van der Waals surface area contributed by atoms with Gasteiger partial charge in [-0.15, -0.1) is 20.5 Å². The number of nitrogens with zero attached hydrogens (tertiary/aromatic N) is 14. The molecule has 0 aliphatic heterocycles. The van der Waals surface area contributed by atoms with Crippen LogP contribution in [0.25, 0.3) is 10.9 Å². The van der Waals surface area contributed by atoms with Crippen LogP contribution >= 0.6 is 0 Å². The Kier molecular flexibility index (Phi) is 19.9. The number of aromatic nitrogens is 6. The summed E-state index contributed by atoms with van der Waals surface area (Å²) < 4.78 is 106. The minimum atomic E-state index is -4.68. The Morgan fingerprint density at radius 3 is 0.855 bits per heavy atom. The Morgan fingerprint density at radius 2 is 0.578 bits per heavy atom. The van der Waals surface area contributed by atoms with Crippen molar-refractivity contribution < 1.29 is 61.8 Å². The Labute approximate surface area is 478 Å². The first kappa shape index (κ1) is 58.3. The SMILES string of the molecule is FC(F)(F)c1ccccc1/C(N=Nc1ccccc1)=N/[N-]c1nc(Oc2ccccc2)nc(Oc2ccccc2)n1.FC(F)(F)c1ccccc1/C(N=Nc1ccccc1)=N/[N-]c1nc(Oc2ccccc2)nc(Oc2ccccc2)n1.[Ni+2]. The minimum Gasteiger partial charge on any atom is -0.436 e. The standard InChI is InChI=1S/2C29H19F3N7O2.Ni/c2*30-29(31,32)24-19-11-10-18-23(24)25(37-36-20-12-4-1-5-13-20)38-39-26-33-27(40-21-14-6-2-7-15-21)35-28(34-26)41-22-16-8-3-9-17-22;/h2*1-19H;/q2*-1;+2/b2*37-36?,38-25-;. The maximum atomic E-state index is 13.8. The first-order valence-corrected chi connectivity index (χ1v) is 24.2. The largest absolute Gasteiger partial charge is 2.00 e. The third-order valence-corrected chi connectivity index (χ3v) is 10.4. The molecule has 10 rings (SSSR count). The fraction of sp³-hybridized carbons (Fsp3) is 0.0345. The second-order valence-corrected chi connectivity index (χ2v) is 16.3. The predicted molar refractivity (Wildman–Crippen MR) is 290 cm³/mol. The summed E-state index contributed by atoms with van der Waals surface area (Å²) in [6.45, 7) is 0. The van der Waals surface area contributed by atoms with E-state index in [2.05, 4.69) is 71.4 Å². The second kappa shape index (κ2) is 28.4. The predicted octanol–water partition coefficient (Wildman–Crippen LogP) is 17.2. The van der Waals surface area contributed by atoms with Crippen molar-refractivity contribution in [3.8, 4) is 47.0 Å². The molecule has 18 nitrogen and oxygen atoms in total. The first-order chi connectivity index (χ1) is 39.9. The number of rotatable bonds is 16. The monoisotopic (exact) mass is 1170 g/mol. The third-order valence-electron chi connectivity index (χ3n) is 10.4. The van der Waals surface area contributed by atoms with Gasteiger partial charge < -0.3 is 38.9 Å². The van der Waals surface area contributed by atoms with Crippen molar-refractivity contribution in [2.24, 2.45) is 30.7 Å². The molecule has 2 aromatic heterocycles. The smallest absolute Gasteiger partial charge is 0.436 e. The van der Waals surface area contributed by atoms with Crippen LogP contribution < -0.4 is 18.9 Å². The molecule has 0 atom stereocenters. The van der Waals surface area contributed by atoms with Crippen molar-refractivity contribution in [1.82, 2.24) is 29.9 Å². The summed E-state index contributed by atoms with van der Waals surface area (Å²) in [7, 11) is 0. The normalized spacial score (nSPS) is 11.7. The van der Waals surface area contributed by atoms with Gasteiger partial charge in [0.25, 0.3) is 24.0 Å². The van der Waals surface area contributed by atoms with E-state index in [0.29, 0.717) is 34.4 Å². The number of ether oxygens (including phenoxy) is 4. The van der Waals surface area contributed by atoms with Crippen LogP contribution in [-0.2, 0) is 28.8 Å². The average molecular weight is 1170 g/mol. The summed E-state index contributed by atoms with van der Waals surface area (Å²) in [6, 6.07) is 60.8. The van der Waals surface area contributed by atoms with Gasteiger partial charge in [-0.2, -0.15) is 46.5 Å². The van der Waals surface area contributed by atoms with Crippen molar-refractivity contribution in [3.05, 3.63) is 264 Å². The van der Waals surface area contributed by atoms with E-state index in [9.17, 15) is 26.3 Å². The number of alkyl halides is 6. The average Bonchev–Trinajstić information content (AvgIpc) is 3.51. The molecule has 0 bridgehead atoms. The molecule has 0 unspecified atom stereocenters. The molecule has 0 aliphatic carbocycles. The summed E-state index contributed by atoms with van der Waals surface area (Å²) in [6.07, 6.45) is -9.36. The third kappa shape index (κ3) is 17.6. The molecule has 0 amide bonds. The van der Waals surface area contributed by atoms with Gasteiger partial charge in [0.15, 0.2) is 11.7 Å². The van der Waals surface area contributed by atoms with Crippen molar-refractivity contribution in [2.45, 2.75) is 12.4 Å². The van der Waals surface area contributed by atoms with E-state index < -0.39 is 35.2 Å². The van der Waals surface area contributed by atoms with E-state index in [4.69, 9.17) is 18.9 Å². The van der Waals surface area contributed by atoms with Crippen LogP contribution in [0.1, 0.15) is 22.3 Å². The Balaban J connectivity index is 0.000000214. The van der Waals surface area contributed by atoms with Crippen molar-refractivity contribution >= 4 is 34.9 Å². The van der Waals surface area contributed by atoms with Gasteiger partial charge in [-0.1, -0.05) is 146 Å². The van der Waals surface area contributed by atoms with Crippen LogP contribution in [0.4, 0.5) is 49.6 Å². The fourth-order valence-corrected chi connectivity index (χ4v) is 6.79. The van der Waals surface area contributed by atoms with Gasteiger partial charge in [-0.05, 0) is 84.9 Å². The molecule has 10 aromatic rings. The molecular formula is C58H38F6N14NiO4. The molecule has 0 spiro atoms. The Hall–Kier alpha value is -10.8. The maximum absolute atomic E-state index is 13.8. The van der Waals surface area contributed by atoms with Crippen LogP contribution in [0, 0.1) is 0 Å². The van der Waals surface area contributed by atoms with E-state index >= 15 is 0 Å². The molecule has 0 N–H and O–H groups in total. The molecule has 0 saturated heterocycles. The van der Waals surface area contributed by atoms with Gasteiger partial charge in [0.2, 0.25) is 0 Å². The van der Waals surface area contributed by atoms with Crippen LogP contribution in [0.3, 0.4) is 0 Å². The van der Waals surface area contributed by atoms with E-state index in [0.717, 1.165) is 12.1 Å². The summed E-state index contributed by atoms with van der Waals surface area (Å²) in [5, 5.41) is 24.0. The number of benzene rings is 8.